The van der Waals surface area contributed by atoms with Crippen LogP contribution in [0.5, 0.6) is 0 Å². The number of halogens is 1. The number of hydrogen-bond acceptors (Lipinski definition) is 3. The van der Waals surface area contributed by atoms with Gasteiger partial charge in [0.2, 0.25) is 0 Å². The van der Waals surface area contributed by atoms with Crippen LogP contribution in [0.1, 0.15) is 38.8 Å². The normalized spacial score (nSPS) is 23.7. The van der Waals surface area contributed by atoms with E-state index in [1.807, 2.05) is 33.8 Å². The Morgan fingerprint density at radius 1 is 1.05 bits per heavy atom. The van der Waals surface area contributed by atoms with Crippen molar-refractivity contribution in [3.8, 4) is 0 Å². The number of hydrogen-bond donors (Lipinski definition) is 1. The first-order valence-corrected chi connectivity index (χ1v) is 6.68. The summed E-state index contributed by atoms with van der Waals surface area (Å²) in [5.41, 5.74) is 1.77. The van der Waals surface area contributed by atoms with Crippen LogP contribution < -0.4 is 10.8 Å². The van der Waals surface area contributed by atoms with Gasteiger partial charge in [0.25, 0.3) is 0 Å². The molecule has 102 valence electrons. The molecular weight excluding hydrogens is 244 g/mol. The zero-order valence-electron chi connectivity index (χ0n) is 11.8. The molecule has 2 aliphatic rings. The lowest BCUT2D eigenvalue weighted by Crippen LogP contribution is -2.41. The summed E-state index contributed by atoms with van der Waals surface area (Å²) in [6, 6.07) is 3.46. The second-order valence-corrected chi connectivity index (χ2v) is 6.33. The van der Waals surface area contributed by atoms with Crippen molar-refractivity contribution in [3.63, 3.8) is 0 Å². The van der Waals surface area contributed by atoms with Gasteiger partial charge in [0.1, 0.15) is 5.82 Å². The summed E-state index contributed by atoms with van der Waals surface area (Å²) in [5, 5.41) is 3.22. The van der Waals surface area contributed by atoms with E-state index in [0.717, 1.165) is 24.2 Å². The van der Waals surface area contributed by atoms with Crippen LogP contribution in [0, 0.1) is 5.82 Å². The fraction of sp³-hybridized carbons (Fsp3) is 0.571. The predicted octanol–water partition coefficient (Wildman–Crippen LogP) is 1.73. The Hall–Kier alpha value is -0.905. The molecule has 1 fully saturated rings. The maximum absolute atomic E-state index is 14.2. The molecule has 19 heavy (non-hydrogen) atoms. The highest BCUT2D eigenvalue weighted by Gasteiger charge is 2.52. The van der Waals surface area contributed by atoms with Crippen LogP contribution in [0.3, 0.4) is 0 Å². The second kappa shape index (κ2) is 4.04. The van der Waals surface area contributed by atoms with Crippen LogP contribution >= 0.6 is 0 Å². The van der Waals surface area contributed by atoms with Crippen molar-refractivity contribution in [2.45, 2.75) is 52.0 Å². The Morgan fingerprint density at radius 2 is 1.58 bits per heavy atom. The van der Waals surface area contributed by atoms with Crippen molar-refractivity contribution < 1.29 is 13.7 Å². The molecule has 0 aromatic heterocycles. The minimum atomic E-state index is -0.629. The van der Waals surface area contributed by atoms with Crippen LogP contribution in [0.4, 0.5) is 4.39 Å². The lowest BCUT2D eigenvalue weighted by molar-refractivity contribution is 0.00578. The number of fused-ring (bicyclic) bond motifs is 1. The molecule has 1 aromatic rings. The second-order valence-electron chi connectivity index (χ2n) is 6.33. The number of rotatable bonds is 1. The summed E-state index contributed by atoms with van der Waals surface area (Å²) in [6.45, 7) is 9.40. The minimum absolute atomic E-state index is 0.249. The van der Waals surface area contributed by atoms with E-state index in [1.165, 1.54) is 0 Å². The molecule has 0 radical (unpaired) electrons. The lowest BCUT2D eigenvalue weighted by Gasteiger charge is -2.32. The SMILES string of the molecule is CC1(C)OB(c2cc3c(cc2F)CNC3)OC1(C)C. The molecule has 2 heterocycles. The zero-order valence-corrected chi connectivity index (χ0v) is 11.8. The van der Waals surface area contributed by atoms with E-state index in [9.17, 15) is 4.39 Å². The standard InChI is InChI=1S/C14H19BFNO2/c1-13(2)14(3,4)19-15(18-13)11-5-9-7-17-8-10(9)6-12(11)16/h5-6,17H,7-8H2,1-4H3. The van der Waals surface area contributed by atoms with Crippen molar-refractivity contribution in [1.29, 1.82) is 0 Å². The first kappa shape index (κ1) is 13.1. The molecule has 1 N–H and O–H groups in total. The van der Waals surface area contributed by atoms with Gasteiger partial charge in [0.15, 0.2) is 0 Å². The summed E-state index contributed by atoms with van der Waals surface area (Å²) in [4.78, 5) is 0. The van der Waals surface area contributed by atoms with Crippen molar-refractivity contribution in [2.75, 3.05) is 0 Å². The largest absolute Gasteiger partial charge is 0.497 e. The minimum Gasteiger partial charge on any atom is -0.399 e. The molecule has 0 saturated carbocycles. The summed E-state index contributed by atoms with van der Waals surface area (Å²) in [7, 11) is -0.629. The van der Waals surface area contributed by atoms with Gasteiger partial charge in [-0.05, 0) is 44.9 Å². The molecule has 0 bridgehead atoms. The Morgan fingerprint density at radius 3 is 2.16 bits per heavy atom. The van der Waals surface area contributed by atoms with Crippen LogP contribution in [-0.4, -0.2) is 18.3 Å². The monoisotopic (exact) mass is 263 g/mol. The molecule has 5 heteroatoms. The molecule has 3 rings (SSSR count). The van der Waals surface area contributed by atoms with Gasteiger partial charge < -0.3 is 14.6 Å². The van der Waals surface area contributed by atoms with Crippen LogP contribution in [0.15, 0.2) is 12.1 Å². The summed E-state index contributed by atoms with van der Waals surface area (Å²) >= 11 is 0. The Bertz CT molecular complexity index is 514. The van der Waals surface area contributed by atoms with Gasteiger partial charge in [-0.2, -0.15) is 0 Å². The van der Waals surface area contributed by atoms with Gasteiger partial charge in [-0.1, -0.05) is 6.07 Å². The molecule has 0 amide bonds. The summed E-state index contributed by atoms with van der Waals surface area (Å²) < 4.78 is 26.0. The lowest BCUT2D eigenvalue weighted by atomic mass is 9.77. The third kappa shape index (κ3) is 2.00. The molecule has 0 atom stereocenters. The third-order valence-corrected chi connectivity index (χ3v) is 4.46. The molecule has 1 aromatic carbocycles. The number of benzene rings is 1. The van der Waals surface area contributed by atoms with Crippen molar-refractivity contribution in [3.05, 3.63) is 29.1 Å². The van der Waals surface area contributed by atoms with Crippen molar-refractivity contribution in [1.82, 2.24) is 5.32 Å². The highest BCUT2D eigenvalue weighted by molar-refractivity contribution is 6.62. The maximum Gasteiger partial charge on any atom is 0.497 e. The molecule has 0 unspecified atom stereocenters. The first-order valence-electron chi connectivity index (χ1n) is 6.68. The average molecular weight is 263 g/mol. The van der Waals surface area contributed by atoms with Crippen LogP contribution in [0.25, 0.3) is 0 Å². The van der Waals surface area contributed by atoms with E-state index in [2.05, 4.69) is 5.32 Å². The topological polar surface area (TPSA) is 30.5 Å². The first-order chi connectivity index (χ1) is 8.80. The van der Waals surface area contributed by atoms with Crippen LogP contribution in [0.2, 0.25) is 0 Å². The van der Waals surface area contributed by atoms with Gasteiger partial charge in [-0.15, -0.1) is 0 Å². The Labute approximate surface area is 113 Å². The van der Waals surface area contributed by atoms with E-state index < -0.39 is 18.3 Å². The van der Waals surface area contributed by atoms with Gasteiger partial charge in [-0.25, -0.2) is 4.39 Å². The zero-order chi connectivity index (χ0) is 13.8. The maximum atomic E-state index is 14.2. The van der Waals surface area contributed by atoms with Gasteiger partial charge in [0.05, 0.1) is 11.2 Å². The fourth-order valence-electron chi connectivity index (χ4n) is 2.49. The summed E-state index contributed by atoms with van der Waals surface area (Å²) in [6.07, 6.45) is 0. The van der Waals surface area contributed by atoms with Crippen molar-refractivity contribution >= 4 is 12.6 Å². The van der Waals surface area contributed by atoms with Gasteiger partial charge in [-0.3, -0.25) is 0 Å². The van der Waals surface area contributed by atoms with Crippen LogP contribution in [-0.2, 0) is 22.4 Å². The highest BCUT2D eigenvalue weighted by atomic mass is 19.1. The molecular formula is C14H19BFNO2. The molecule has 1 saturated heterocycles. The van der Waals surface area contributed by atoms with E-state index in [-0.39, 0.29) is 5.82 Å². The number of nitrogens with one attached hydrogen (secondary N) is 1. The average Bonchev–Trinajstić information content (AvgIpc) is 2.80. The van der Waals surface area contributed by atoms with E-state index in [0.29, 0.717) is 5.46 Å². The molecule has 0 spiro atoms. The highest BCUT2D eigenvalue weighted by Crippen LogP contribution is 2.36. The quantitative estimate of drug-likeness (QED) is 0.783. The van der Waals surface area contributed by atoms with Gasteiger partial charge >= 0.3 is 7.12 Å². The molecule has 0 aliphatic carbocycles. The van der Waals surface area contributed by atoms with E-state index in [4.69, 9.17) is 9.31 Å². The van der Waals surface area contributed by atoms with Gasteiger partial charge in [0, 0.05) is 18.6 Å². The Balaban J connectivity index is 1.96. The molecule has 2 aliphatic heterocycles. The smallest absolute Gasteiger partial charge is 0.399 e. The van der Waals surface area contributed by atoms with E-state index >= 15 is 0 Å². The Kier molecular flexibility index (Phi) is 2.79. The third-order valence-electron chi connectivity index (χ3n) is 4.46. The van der Waals surface area contributed by atoms with Crippen molar-refractivity contribution in [2.24, 2.45) is 0 Å². The molecule has 3 nitrogen and oxygen atoms in total. The summed E-state index contributed by atoms with van der Waals surface area (Å²) in [5.74, 6) is -0.249. The predicted molar refractivity (Wildman–Crippen MR) is 72.7 cm³/mol. The van der Waals surface area contributed by atoms with E-state index in [1.54, 1.807) is 6.07 Å². The fourth-order valence-corrected chi connectivity index (χ4v) is 2.49.